The van der Waals surface area contributed by atoms with Gasteiger partial charge < -0.3 is 10.2 Å². The molecule has 33 heavy (non-hydrogen) atoms. The highest BCUT2D eigenvalue weighted by Gasteiger charge is 2.30. The van der Waals surface area contributed by atoms with Crippen molar-refractivity contribution in [3.63, 3.8) is 0 Å². The Bertz CT molecular complexity index is 1030. The summed E-state index contributed by atoms with van der Waals surface area (Å²) in [5.74, 6) is -0.687. The molecule has 180 valence electrons. The zero-order valence-corrected chi connectivity index (χ0v) is 22.5. The maximum Gasteiger partial charge on any atom is 0.244 e. The average Bonchev–Trinajstić information content (AvgIpc) is 2.78. The van der Waals surface area contributed by atoms with E-state index in [-0.39, 0.29) is 18.5 Å². The fourth-order valence-corrected chi connectivity index (χ4v) is 4.47. The van der Waals surface area contributed by atoms with Crippen molar-refractivity contribution in [1.29, 1.82) is 0 Å². The zero-order chi connectivity index (χ0) is 24.6. The molecule has 0 fully saturated rings. The number of carbonyl (C=O) groups is 2. The highest BCUT2D eigenvalue weighted by Crippen LogP contribution is 2.20. The van der Waals surface area contributed by atoms with E-state index in [1.165, 1.54) is 4.90 Å². The quantitative estimate of drug-likeness (QED) is 0.410. The molecule has 0 saturated heterocycles. The zero-order valence-electron chi connectivity index (χ0n) is 19.5. The Hall–Kier alpha value is -2.14. The predicted molar refractivity (Wildman–Crippen MR) is 141 cm³/mol. The average molecular weight is 586 g/mol. The molecule has 9 heteroatoms. The molecule has 0 aliphatic carbocycles. The van der Waals surface area contributed by atoms with Crippen molar-refractivity contribution < 1.29 is 18.0 Å². The molecule has 0 aliphatic heterocycles. The van der Waals surface area contributed by atoms with Crippen LogP contribution < -0.4 is 9.62 Å². The minimum absolute atomic E-state index is 0.0228. The van der Waals surface area contributed by atoms with Crippen molar-refractivity contribution in [2.45, 2.75) is 45.7 Å². The highest BCUT2D eigenvalue weighted by atomic mass is 127. The number of rotatable bonds is 11. The SMILES string of the molecule is CC[C@H](C)NC(=O)[C@@H](C)N(CCc1ccccc1)C(=O)CN(c1ccc(I)cc1)S(C)(=O)=O. The van der Waals surface area contributed by atoms with Crippen molar-refractivity contribution in [1.82, 2.24) is 10.2 Å². The van der Waals surface area contributed by atoms with Gasteiger partial charge in [0.05, 0.1) is 11.9 Å². The topological polar surface area (TPSA) is 86.8 Å². The summed E-state index contributed by atoms with van der Waals surface area (Å²) in [4.78, 5) is 27.7. The van der Waals surface area contributed by atoms with E-state index >= 15 is 0 Å². The van der Waals surface area contributed by atoms with Gasteiger partial charge in [0.2, 0.25) is 21.8 Å². The first-order chi connectivity index (χ1) is 15.5. The summed E-state index contributed by atoms with van der Waals surface area (Å²) in [6.45, 7) is 5.47. The van der Waals surface area contributed by atoms with Crippen LogP contribution in [-0.2, 0) is 26.0 Å². The van der Waals surface area contributed by atoms with Gasteiger partial charge in [-0.1, -0.05) is 37.3 Å². The molecule has 0 saturated carbocycles. The number of sulfonamides is 1. The molecule has 7 nitrogen and oxygen atoms in total. The van der Waals surface area contributed by atoms with Gasteiger partial charge in [-0.15, -0.1) is 0 Å². The van der Waals surface area contributed by atoms with E-state index in [1.807, 2.05) is 44.2 Å². The molecule has 0 bridgehead atoms. The van der Waals surface area contributed by atoms with Gasteiger partial charge in [-0.2, -0.15) is 0 Å². The van der Waals surface area contributed by atoms with Crippen LogP contribution in [0.5, 0.6) is 0 Å². The number of amides is 2. The van der Waals surface area contributed by atoms with Crippen LogP contribution in [0.15, 0.2) is 54.6 Å². The fourth-order valence-electron chi connectivity index (χ4n) is 3.26. The summed E-state index contributed by atoms with van der Waals surface area (Å²) >= 11 is 2.13. The summed E-state index contributed by atoms with van der Waals surface area (Å²) in [6.07, 6.45) is 2.40. The normalized spacial score (nSPS) is 13.1. The molecule has 0 aliphatic rings. The molecule has 2 aromatic rings. The first-order valence-corrected chi connectivity index (χ1v) is 13.8. The van der Waals surface area contributed by atoms with Gasteiger partial charge in [0.25, 0.3) is 0 Å². The largest absolute Gasteiger partial charge is 0.352 e. The molecule has 0 aromatic heterocycles. The number of nitrogens with one attached hydrogen (secondary N) is 1. The van der Waals surface area contributed by atoms with E-state index in [9.17, 15) is 18.0 Å². The van der Waals surface area contributed by atoms with Crippen molar-refractivity contribution in [3.8, 4) is 0 Å². The van der Waals surface area contributed by atoms with E-state index < -0.39 is 22.0 Å². The Kier molecular flexibility index (Phi) is 10.2. The molecule has 0 unspecified atom stereocenters. The van der Waals surface area contributed by atoms with Gasteiger partial charge in [0.15, 0.2) is 0 Å². The van der Waals surface area contributed by atoms with Crippen LogP contribution in [0.3, 0.4) is 0 Å². The number of anilines is 1. The molecule has 0 heterocycles. The van der Waals surface area contributed by atoms with Gasteiger partial charge >= 0.3 is 0 Å². The van der Waals surface area contributed by atoms with Crippen LogP contribution >= 0.6 is 22.6 Å². The third kappa shape index (κ3) is 8.29. The van der Waals surface area contributed by atoms with Crippen molar-refractivity contribution in [2.24, 2.45) is 0 Å². The Morgan fingerprint density at radius 2 is 1.64 bits per heavy atom. The molecule has 2 amide bonds. The first-order valence-electron chi connectivity index (χ1n) is 10.9. The maximum absolute atomic E-state index is 13.4. The van der Waals surface area contributed by atoms with E-state index in [0.29, 0.717) is 18.7 Å². The lowest BCUT2D eigenvalue weighted by Gasteiger charge is -2.32. The van der Waals surface area contributed by atoms with Crippen LogP contribution in [0.2, 0.25) is 0 Å². The minimum atomic E-state index is -3.71. The molecule has 1 N–H and O–H groups in total. The van der Waals surface area contributed by atoms with Crippen LogP contribution in [0.4, 0.5) is 5.69 Å². The smallest absolute Gasteiger partial charge is 0.244 e. The molecule has 2 aromatic carbocycles. The molecule has 2 atom stereocenters. The second-order valence-corrected chi connectivity index (χ2v) is 11.2. The number of halogens is 1. The lowest BCUT2D eigenvalue weighted by molar-refractivity contribution is -0.139. The third-order valence-corrected chi connectivity index (χ3v) is 7.31. The van der Waals surface area contributed by atoms with Crippen LogP contribution in [0.25, 0.3) is 0 Å². The standard InChI is InChI=1S/C24H32IN3O4S/c1-5-18(2)26-24(30)19(3)27(16-15-20-9-7-6-8-10-20)23(29)17-28(33(4,31)32)22-13-11-21(25)12-14-22/h6-14,18-19H,5,15-17H2,1-4H3,(H,26,30)/t18-,19+/m0/s1. The molecule has 0 spiro atoms. The Labute approximate surface area is 210 Å². The van der Waals surface area contributed by atoms with Gasteiger partial charge in [-0.05, 0) is 79.1 Å². The van der Waals surface area contributed by atoms with Gasteiger partial charge in [-0.3, -0.25) is 13.9 Å². The van der Waals surface area contributed by atoms with Crippen LogP contribution in [0.1, 0.15) is 32.8 Å². The molecule has 2 rings (SSSR count). The van der Waals surface area contributed by atoms with E-state index in [4.69, 9.17) is 0 Å². The number of carbonyl (C=O) groups excluding carboxylic acids is 2. The van der Waals surface area contributed by atoms with Crippen LogP contribution in [0, 0.1) is 3.57 Å². The molecule has 0 radical (unpaired) electrons. The lowest BCUT2D eigenvalue weighted by Crippen LogP contribution is -2.53. The van der Waals surface area contributed by atoms with Crippen molar-refractivity contribution in [3.05, 3.63) is 63.7 Å². The van der Waals surface area contributed by atoms with E-state index in [2.05, 4.69) is 27.9 Å². The Morgan fingerprint density at radius 1 is 1.03 bits per heavy atom. The second kappa shape index (κ2) is 12.4. The fraction of sp³-hybridized carbons (Fsp3) is 0.417. The van der Waals surface area contributed by atoms with Gasteiger partial charge in [0.1, 0.15) is 12.6 Å². The molecular formula is C24H32IN3O4S. The summed E-state index contributed by atoms with van der Waals surface area (Å²) in [7, 11) is -3.71. The lowest BCUT2D eigenvalue weighted by atomic mass is 10.1. The number of benzene rings is 2. The van der Waals surface area contributed by atoms with Gasteiger partial charge in [0, 0.05) is 16.2 Å². The van der Waals surface area contributed by atoms with E-state index in [1.54, 1.807) is 31.2 Å². The minimum Gasteiger partial charge on any atom is -0.352 e. The second-order valence-electron chi connectivity index (χ2n) is 8.06. The number of hydrogen-bond acceptors (Lipinski definition) is 4. The third-order valence-electron chi connectivity index (χ3n) is 5.45. The van der Waals surface area contributed by atoms with Crippen molar-refractivity contribution >= 4 is 50.1 Å². The summed E-state index contributed by atoms with van der Waals surface area (Å²) in [5, 5.41) is 2.92. The summed E-state index contributed by atoms with van der Waals surface area (Å²) < 4.78 is 27.1. The first kappa shape index (κ1) is 27.1. The Morgan fingerprint density at radius 3 is 2.18 bits per heavy atom. The van der Waals surface area contributed by atoms with Crippen LogP contribution in [-0.4, -0.2) is 56.6 Å². The highest BCUT2D eigenvalue weighted by molar-refractivity contribution is 14.1. The Balaban J connectivity index is 2.29. The summed E-state index contributed by atoms with van der Waals surface area (Å²) in [6, 6.07) is 15.8. The summed E-state index contributed by atoms with van der Waals surface area (Å²) in [5.41, 5.74) is 1.44. The number of nitrogens with zero attached hydrogens (tertiary/aromatic N) is 2. The van der Waals surface area contributed by atoms with E-state index in [0.717, 1.165) is 26.1 Å². The van der Waals surface area contributed by atoms with Gasteiger partial charge in [-0.25, -0.2) is 8.42 Å². The predicted octanol–water partition coefficient (Wildman–Crippen LogP) is 3.43. The maximum atomic E-state index is 13.4. The number of hydrogen-bond donors (Lipinski definition) is 1. The van der Waals surface area contributed by atoms with Crippen molar-refractivity contribution in [2.75, 3.05) is 23.7 Å². The molecular weight excluding hydrogens is 553 g/mol. The monoisotopic (exact) mass is 585 g/mol.